The first kappa shape index (κ1) is 12.3. The fourth-order valence-electron chi connectivity index (χ4n) is 2.83. The number of piperidine rings is 1. The standard InChI is InChI=1S/C14H18N2O3/c17-12-3-1-2-11(10-12)16-9-6-14(19-13(16)18)4-7-15-8-5-14/h1-3,10,15,17H,4-9H2. The summed E-state index contributed by atoms with van der Waals surface area (Å²) in [5, 5.41) is 12.8. The summed E-state index contributed by atoms with van der Waals surface area (Å²) >= 11 is 0. The van der Waals surface area contributed by atoms with Crippen molar-refractivity contribution in [2.45, 2.75) is 24.9 Å². The number of phenols is 1. The molecule has 1 spiro atoms. The van der Waals surface area contributed by atoms with Crippen molar-refractivity contribution in [2.24, 2.45) is 0 Å². The van der Waals surface area contributed by atoms with E-state index in [0.717, 1.165) is 32.4 Å². The quantitative estimate of drug-likeness (QED) is 0.811. The Bertz CT molecular complexity index is 483. The summed E-state index contributed by atoms with van der Waals surface area (Å²) in [6.07, 6.45) is 2.30. The van der Waals surface area contributed by atoms with Gasteiger partial charge in [0.05, 0.1) is 5.69 Å². The van der Waals surface area contributed by atoms with E-state index in [1.165, 1.54) is 0 Å². The average molecular weight is 262 g/mol. The Kier molecular flexibility index (Phi) is 3.06. The number of rotatable bonds is 1. The van der Waals surface area contributed by atoms with Gasteiger partial charge in [-0.05, 0) is 38.1 Å². The highest BCUT2D eigenvalue weighted by molar-refractivity contribution is 5.88. The summed E-state index contributed by atoms with van der Waals surface area (Å²) in [7, 11) is 0. The molecule has 0 saturated carbocycles. The van der Waals surface area contributed by atoms with E-state index in [0.29, 0.717) is 12.2 Å². The van der Waals surface area contributed by atoms with Gasteiger partial charge in [0, 0.05) is 19.0 Å². The van der Waals surface area contributed by atoms with Gasteiger partial charge in [-0.3, -0.25) is 4.90 Å². The lowest BCUT2D eigenvalue weighted by atomic mass is 9.87. The van der Waals surface area contributed by atoms with E-state index >= 15 is 0 Å². The molecular formula is C14H18N2O3. The Morgan fingerprint density at radius 2 is 2.05 bits per heavy atom. The Hall–Kier alpha value is -1.75. The van der Waals surface area contributed by atoms with Crippen LogP contribution >= 0.6 is 0 Å². The van der Waals surface area contributed by atoms with Crippen molar-refractivity contribution in [3.05, 3.63) is 24.3 Å². The SMILES string of the molecule is O=C1OC2(CCNCC2)CCN1c1cccc(O)c1. The van der Waals surface area contributed by atoms with Crippen LogP contribution in [0.3, 0.4) is 0 Å². The van der Waals surface area contributed by atoms with E-state index in [1.54, 1.807) is 29.2 Å². The normalized spacial score (nSPS) is 22.3. The summed E-state index contributed by atoms with van der Waals surface area (Å²) in [4.78, 5) is 13.8. The predicted octanol–water partition coefficient (Wildman–Crippen LogP) is 1.86. The van der Waals surface area contributed by atoms with Gasteiger partial charge in [-0.25, -0.2) is 4.79 Å². The van der Waals surface area contributed by atoms with Crippen LogP contribution < -0.4 is 10.2 Å². The summed E-state index contributed by atoms with van der Waals surface area (Å²) < 4.78 is 5.69. The smallest absolute Gasteiger partial charge is 0.414 e. The topological polar surface area (TPSA) is 61.8 Å². The van der Waals surface area contributed by atoms with Gasteiger partial charge < -0.3 is 15.2 Å². The fraction of sp³-hybridized carbons (Fsp3) is 0.500. The molecule has 2 saturated heterocycles. The lowest BCUT2D eigenvalue weighted by Crippen LogP contribution is -2.54. The average Bonchev–Trinajstić information content (AvgIpc) is 2.39. The number of hydrogen-bond acceptors (Lipinski definition) is 4. The van der Waals surface area contributed by atoms with Gasteiger partial charge in [0.15, 0.2) is 0 Å². The minimum atomic E-state index is -0.307. The molecule has 0 radical (unpaired) electrons. The number of phenolic OH excluding ortho intramolecular Hbond substituents is 1. The number of carbonyl (C=O) groups is 1. The summed E-state index contributed by atoms with van der Waals surface area (Å²) in [5.74, 6) is 0.160. The number of hydrogen-bond donors (Lipinski definition) is 2. The van der Waals surface area contributed by atoms with E-state index in [1.807, 2.05) is 0 Å². The third-order valence-corrected chi connectivity index (χ3v) is 3.97. The number of nitrogens with zero attached hydrogens (tertiary/aromatic N) is 1. The molecule has 0 atom stereocenters. The van der Waals surface area contributed by atoms with E-state index < -0.39 is 0 Å². The van der Waals surface area contributed by atoms with E-state index in [9.17, 15) is 9.90 Å². The van der Waals surface area contributed by atoms with E-state index in [2.05, 4.69) is 5.32 Å². The summed E-state index contributed by atoms with van der Waals surface area (Å²) in [5.41, 5.74) is 0.407. The fourth-order valence-corrected chi connectivity index (χ4v) is 2.83. The van der Waals surface area contributed by atoms with Gasteiger partial charge in [0.1, 0.15) is 11.4 Å². The van der Waals surface area contributed by atoms with Crippen LogP contribution in [0.15, 0.2) is 24.3 Å². The maximum absolute atomic E-state index is 12.2. The molecule has 0 bridgehead atoms. The molecule has 1 aromatic rings. The van der Waals surface area contributed by atoms with Crippen LogP contribution in [0.4, 0.5) is 10.5 Å². The molecule has 2 aliphatic rings. The molecule has 2 fully saturated rings. The number of anilines is 1. The molecule has 5 nitrogen and oxygen atoms in total. The molecule has 1 amide bonds. The molecule has 1 aromatic carbocycles. The number of benzene rings is 1. The zero-order chi connectivity index (χ0) is 13.3. The van der Waals surface area contributed by atoms with Gasteiger partial charge in [-0.2, -0.15) is 0 Å². The minimum Gasteiger partial charge on any atom is -0.508 e. The molecule has 2 heterocycles. The monoisotopic (exact) mass is 262 g/mol. The number of nitrogens with one attached hydrogen (secondary N) is 1. The van der Waals surface area contributed by atoms with E-state index in [4.69, 9.17) is 4.74 Å². The molecule has 5 heteroatoms. The Labute approximate surface area is 112 Å². The summed E-state index contributed by atoms with van der Waals surface area (Å²) in [6.45, 7) is 2.45. The van der Waals surface area contributed by atoms with Gasteiger partial charge in [-0.1, -0.05) is 6.07 Å². The lowest BCUT2D eigenvalue weighted by molar-refractivity contribution is -0.0261. The van der Waals surface area contributed by atoms with Crippen LogP contribution in [-0.4, -0.2) is 36.4 Å². The largest absolute Gasteiger partial charge is 0.508 e. The van der Waals surface area contributed by atoms with Crippen molar-refractivity contribution in [1.29, 1.82) is 0 Å². The van der Waals surface area contributed by atoms with Crippen molar-refractivity contribution in [2.75, 3.05) is 24.5 Å². The maximum Gasteiger partial charge on any atom is 0.414 e. The Balaban J connectivity index is 1.76. The Morgan fingerprint density at radius 1 is 1.26 bits per heavy atom. The molecule has 0 unspecified atom stereocenters. The first-order chi connectivity index (χ1) is 9.19. The van der Waals surface area contributed by atoms with Gasteiger partial charge in [0.2, 0.25) is 0 Å². The summed E-state index contributed by atoms with van der Waals surface area (Å²) in [6, 6.07) is 6.71. The van der Waals surface area contributed by atoms with Crippen LogP contribution in [0.2, 0.25) is 0 Å². The van der Waals surface area contributed by atoms with Crippen LogP contribution in [0, 0.1) is 0 Å². The van der Waals surface area contributed by atoms with Gasteiger partial charge >= 0.3 is 6.09 Å². The Morgan fingerprint density at radius 3 is 2.74 bits per heavy atom. The number of aromatic hydroxyl groups is 1. The van der Waals surface area contributed by atoms with Crippen LogP contribution in [-0.2, 0) is 4.74 Å². The van der Waals surface area contributed by atoms with Gasteiger partial charge in [-0.15, -0.1) is 0 Å². The molecule has 0 aromatic heterocycles. The molecule has 2 N–H and O–H groups in total. The molecule has 3 rings (SSSR count). The first-order valence-electron chi connectivity index (χ1n) is 6.69. The molecule has 19 heavy (non-hydrogen) atoms. The number of carbonyl (C=O) groups excluding carboxylic acids is 1. The predicted molar refractivity (Wildman–Crippen MR) is 71.4 cm³/mol. The first-order valence-corrected chi connectivity index (χ1v) is 6.69. The van der Waals surface area contributed by atoms with Crippen molar-refractivity contribution < 1.29 is 14.6 Å². The van der Waals surface area contributed by atoms with Crippen LogP contribution in [0.25, 0.3) is 0 Å². The highest BCUT2D eigenvalue weighted by Gasteiger charge is 2.41. The van der Waals surface area contributed by atoms with Crippen molar-refractivity contribution >= 4 is 11.8 Å². The second-order valence-electron chi connectivity index (χ2n) is 5.22. The van der Waals surface area contributed by atoms with Crippen LogP contribution in [0.5, 0.6) is 5.75 Å². The molecular weight excluding hydrogens is 244 g/mol. The van der Waals surface area contributed by atoms with E-state index in [-0.39, 0.29) is 17.4 Å². The maximum atomic E-state index is 12.2. The van der Waals surface area contributed by atoms with Gasteiger partial charge in [0.25, 0.3) is 0 Å². The second kappa shape index (κ2) is 4.74. The molecule has 2 aliphatic heterocycles. The third kappa shape index (κ3) is 2.38. The molecule has 0 aliphatic carbocycles. The van der Waals surface area contributed by atoms with Crippen molar-refractivity contribution in [3.8, 4) is 5.75 Å². The minimum absolute atomic E-state index is 0.160. The highest BCUT2D eigenvalue weighted by atomic mass is 16.6. The second-order valence-corrected chi connectivity index (χ2v) is 5.22. The zero-order valence-electron chi connectivity index (χ0n) is 10.8. The number of ether oxygens (including phenoxy) is 1. The van der Waals surface area contributed by atoms with Crippen molar-refractivity contribution in [1.82, 2.24) is 5.32 Å². The number of amides is 1. The van der Waals surface area contributed by atoms with Crippen molar-refractivity contribution in [3.63, 3.8) is 0 Å². The molecule has 102 valence electrons. The zero-order valence-corrected chi connectivity index (χ0v) is 10.8. The highest BCUT2D eigenvalue weighted by Crippen LogP contribution is 2.34. The lowest BCUT2D eigenvalue weighted by Gasteiger charge is -2.43. The van der Waals surface area contributed by atoms with Crippen LogP contribution in [0.1, 0.15) is 19.3 Å². The third-order valence-electron chi connectivity index (χ3n) is 3.97.